The third-order valence-electron chi connectivity index (χ3n) is 3.51. The molecule has 0 heterocycles. The first-order valence-electron chi connectivity index (χ1n) is 6.30. The smallest absolute Gasteiger partial charge is 0.0153 e. The van der Waals surface area contributed by atoms with Gasteiger partial charge in [-0.1, -0.05) is 20.8 Å². The predicted molar refractivity (Wildman–Crippen MR) is 66.9 cm³/mol. The highest BCUT2D eigenvalue weighted by molar-refractivity contribution is 4.92. The SMILES string of the molecule is CC(C)(C)CC(CN)CNC1(C)CCC1. The molecule has 1 aliphatic rings. The fourth-order valence-electron chi connectivity index (χ4n) is 2.38. The van der Waals surface area contributed by atoms with Crippen LogP contribution in [0, 0.1) is 11.3 Å². The second-order valence-corrected chi connectivity index (χ2v) is 6.66. The van der Waals surface area contributed by atoms with Gasteiger partial charge in [0.2, 0.25) is 0 Å². The Morgan fingerprint density at radius 3 is 2.27 bits per heavy atom. The van der Waals surface area contributed by atoms with E-state index < -0.39 is 0 Å². The van der Waals surface area contributed by atoms with Gasteiger partial charge in [0.1, 0.15) is 0 Å². The maximum atomic E-state index is 5.83. The summed E-state index contributed by atoms with van der Waals surface area (Å²) in [5.74, 6) is 0.627. The summed E-state index contributed by atoms with van der Waals surface area (Å²) >= 11 is 0. The molecular formula is C13H28N2. The maximum absolute atomic E-state index is 5.83. The van der Waals surface area contributed by atoms with Crippen LogP contribution >= 0.6 is 0 Å². The van der Waals surface area contributed by atoms with Crippen molar-refractivity contribution < 1.29 is 0 Å². The van der Waals surface area contributed by atoms with Gasteiger partial charge in [-0.05, 0) is 57.0 Å². The van der Waals surface area contributed by atoms with Gasteiger partial charge < -0.3 is 11.1 Å². The Labute approximate surface area is 95.0 Å². The molecule has 1 unspecified atom stereocenters. The van der Waals surface area contributed by atoms with Crippen LogP contribution in [0.1, 0.15) is 53.4 Å². The minimum absolute atomic E-state index is 0.395. The van der Waals surface area contributed by atoms with Crippen LogP contribution in [-0.2, 0) is 0 Å². The summed E-state index contributed by atoms with van der Waals surface area (Å²) < 4.78 is 0. The standard InChI is InChI=1S/C13H28N2/c1-12(2,3)8-11(9-14)10-15-13(4)6-5-7-13/h11,15H,5-10,14H2,1-4H3. The lowest BCUT2D eigenvalue weighted by molar-refractivity contribution is 0.185. The molecule has 0 bridgehead atoms. The molecule has 0 aromatic heterocycles. The molecule has 1 saturated carbocycles. The van der Waals surface area contributed by atoms with Crippen LogP contribution in [0.5, 0.6) is 0 Å². The maximum Gasteiger partial charge on any atom is 0.0153 e. The van der Waals surface area contributed by atoms with Gasteiger partial charge >= 0.3 is 0 Å². The van der Waals surface area contributed by atoms with E-state index in [0.29, 0.717) is 16.9 Å². The van der Waals surface area contributed by atoms with Gasteiger partial charge in [0.25, 0.3) is 0 Å². The summed E-state index contributed by atoms with van der Waals surface area (Å²) in [5.41, 5.74) is 6.65. The molecule has 0 aliphatic heterocycles. The zero-order valence-corrected chi connectivity index (χ0v) is 10.9. The Hall–Kier alpha value is -0.0800. The summed E-state index contributed by atoms with van der Waals surface area (Å²) in [6.07, 6.45) is 5.27. The van der Waals surface area contributed by atoms with Crippen molar-refractivity contribution in [2.75, 3.05) is 13.1 Å². The molecule has 3 N–H and O–H groups in total. The summed E-state index contributed by atoms with van der Waals surface area (Å²) in [5, 5.41) is 3.69. The van der Waals surface area contributed by atoms with Gasteiger partial charge in [-0.25, -0.2) is 0 Å². The van der Waals surface area contributed by atoms with Crippen molar-refractivity contribution in [3.8, 4) is 0 Å². The van der Waals surface area contributed by atoms with Crippen molar-refractivity contribution in [2.24, 2.45) is 17.1 Å². The average molecular weight is 212 g/mol. The lowest BCUT2D eigenvalue weighted by Gasteiger charge is -2.41. The van der Waals surface area contributed by atoms with Crippen LogP contribution in [0.3, 0.4) is 0 Å². The van der Waals surface area contributed by atoms with E-state index in [0.717, 1.165) is 13.1 Å². The average Bonchev–Trinajstić information content (AvgIpc) is 2.07. The number of nitrogens with one attached hydrogen (secondary N) is 1. The predicted octanol–water partition coefficient (Wildman–Crippen LogP) is 2.53. The molecule has 1 rings (SSSR count). The van der Waals surface area contributed by atoms with Crippen LogP contribution < -0.4 is 11.1 Å². The second kappa shape index (κ2) is 4.84. The highest BCUT2D eigenvalue weighted by Crippen LogP contribution is 2.31. The molecule has 1 atom stereocenters. The molecule has 1 fully saturated rings. The Kier molecular flexibility index (Phi) is 4.19. The van der Waals surface area contributed by atoms with Crippen molar-refractivity contribution in [1.29, 1.82) is 0 Å². The third-order valence-corrected chi connectivity index (χ3v) is 3.51. The van der Waals surface area contributed by atoms with Crippen molar-refractivity contribution >= 4 is 0 Å². The van der Waals surface area contributed by atoms with E-state index >= 15 is 0 Å². The Morgan fingerprint density at radius 2 is 1.93 bits per heavy atom. The molecule has 0 aromatic carbocycles. The molecular weight excluding hydrogens is 184 g/mol. The van der Waals surface area contributed by atoms with Gasteiger partial charge in [0.15, 0.2) is 0 Å². The van der Waals surface area contributed by atoms with E-state index in [2.05, 4.69) is 33.0 Å². The molecule has 0 radical (unpaired) electrons. The van der Waals surface area contributed by atoms with Gasteiger partial charge in [0, 0.05) is 5.54 Å². The van der Waals surface area contributed by atoms with Crippen LogP contribution in [0.2, 0.25) is 0 Å². The summed E-state index contributed by atoms with van der Waals surface area (Å²) in [7, 11) is 0. The minimum Gasteiger partial charge on any atom is -0.330 e. The second-order valence-electron chi connectivity index (χ2n) is 6.66. The van der Waals surface area contributed by atoms with E-state index in [-0.39, 0.29) is 0 Å². The van der Waals surface area contributed by atoms with Gasteiger partial charge in [-0.15, -0.1) is 0 Å². The van der Waals surface area contributed by atoms with Gasteiger partial charge in [-0.2, -0.15) is 0 Å². The van der Waals surface area contributed by atoms with Crippen LogP contribution in [0.4, 0.5) is 0 Å². The van der Waals surface area contributed by atoms with Crippen LogP contribution in [0.15, 0.2) is 0 Å². The molecule has 2 heteroatoms. The van der Waals surface area contributed by atoms with Crippen molar-refractivity contribution in [3.63, 3.8) is 0 Å². The number of rotatable bonds is 5. The minimum atomic E-state index is 0.395. The zero-order chi connectivity index (χ0) is 11.5. The molecule has 15 heavy (non-hydrogen) atoms. The topological polar surface area (TPSA) is 38.0 Å². The zero-order valence-electron chi connectivity index (χ0n) is 10.9. The summed E-state index contributed by atoms with van der Waals surface area (Å²) in [4.78, 5) is 0. The van der Waals surface area contributed by atoms with E-state index in [1.54, 1.807) is 0 Å². The van der Waals surface area contributed by atoms with E-state index in [4.69, 9.17) is 5.73 Å². The lowest BCUT2D eigenvalue weighted by Crippen LogP contribution is -2.50. The molecule has 1 aliphatic carbocycles. The van der Waals surface area contributed by atoms with Crippen LogP contribution in [0.25, 0.3) is 0 Å². The van der Waals surface area contributed by atoms with Crippen molar-refractivity contribution in [3.05, 3.63) is 0 Å². The first-order valence-corrected chi connectivity index (χ1v) is 6.30. The largest absolute Gasteiger partial charge is 0.330 e. The van der Waals surface area contributed by atoms with Gasteiger partial charge in [0.05, 0.1) is 0 Å². The summed E-state index contributed by atoms with van der Waals surface area (Å²) in [6.45, 7) is 11.1. The quantitative estimate of drug-likeness (QED) is 0.735. The normalized spacial score (nSPS) is 22.2. The molecule has 0 spiro atoms. The Balaban J connectivity index is 2.27. The molecule has 0 saturated heterocycles. The summed E-state index contributed by atoms with van der Waals surface area (Å²) in [6, 6.07) is 0. The number of hydrogen-bond donors (Lipinski definition) is 2. The first-order chi connectivity index (χ1) is 6.85. The first kappa shape index (κ1) is 13.0. The fourth-order valence-corrected chi connectivity index (χ4v) is 2.38. The highest BCUT2D eigenvalue weighted by atomic mass is 15.0. The monoisotopic (exact) mass is 212 g/mol. The van der Waals surface area contributed by atoms with E-state index in [1.807, 2.05) is 0 Å². The molecule has 90 valence electrons. The number of nitrogens with two attached hydrogens (primary N) is 1. The fraction of sp³-hybridized carbons (Fsp3) is 1.00. The van der Waals surface area contributed by atoms with E-state index in [1.165, 1.54) is 25.7 Å². The molecule has 0 amide bonds. The van der Waals surface area contributed by atoms with Crippen molar-refractivity contribution in [2.45, 2.75) is 58.9 Å². The van der Waals surface area contributed by atoms with Crippen LogP contribution in [-0.4, -0.2) is 18.6 Å². The Morgan fingerprint density at radius 1 is 1.33 bits per heavy atom. The molecule has 2 nitrogen and oxygen atoms in total. The van der Waals surface area contributed by atoms with Gasteiger partial charge in [-0.3, -0.25) is 0 Å². The van der Waals surface area contributed by atoms with E-state index in [9.17, 15) is 0 Å². The van der Waals surface area contributed by atoms with Crippen molar-refractivity contribution in [1.82, 2.24) is 5.32 Å². The lowest BCUT2D eigenvalue weighted by atomic mass is 9.77. The molecule has 0 aromatic rings. The Bertz CT molecular complexity index is 189. The third kappa shape index (κ3) is 4.52. The number of hydrogen-bond acceptors (Lipinski definition) is 2. The highest BCUT2D eigenvalue weighted by Gasteiger charge is 2.31.